The Kier molecular flexibility index (Phi) is 8.74. The molecule has 0 radical (unpaired) electrons. The zero-order valence-electron chi connectivity index (χ0n) is 15.3. The average molecular weight is 359 g/mol. The highest BCUT2D eigenvalue weighted by Crippen LogP contribution is 2.26. The predicted molar refractivity (Wildman–Crippen MR) is 102 cm³/mol. The minimum Gasteiger partial charge on any atom is -0.395 e. The molecular weight excluding hydrogens is 330 g/mol. The molecule has 0 unspecified atom stereocenters. The van der Waals surface area contributed by atoms with E-state index in [0.29, 0.717) is 19.6 Å². The van der Waals surface area contributed by atoms with Crippen molar-refractivity contribution in [1.29, 1.82) is 0 Å². The summed E-state index contributed by atoms with van der Waals surface area (Å²) < 4.78 is 6.07. The molecule has 0 aromatic heterocycles. The monoisotopic (exact) mass is 359 g/mol. The topological polar surface area (TPSA) is 73.2 Å². The number of aliphatic hydroxyl groups is 3. The van der Waals surface area contributed by atoms with E-state index in [1.165, 1.54) is 5.56 Å². The molecule has 5 nitrogen and oxygen atoms in total. The molecule has 3 N–H and O–H groups in total. The largest absolute Gasteiger partial charge is 0.395 e. The second-order valence-electron chi connectivity index (χ2n) is 6.44. The van der Waals surface area contributed by atoms with E-state index >= 15 is 0 Å². The summed E-state index contributed by atoms with van der Waals surface area (Å²) in [5, 5.41) is 28.5. The van der Waals surface area contributed by atoms with E-state index in [9.17, 15) is 5.11 Å². The molecule has 0 bridgehead atoms. The van der Waals surface area contributed by atoms with E-state index in [0.717, 1.165) is 11.1 Å². The Morgan fingerprint density at radius 2 is 1.46 bits per heavy atom. The van der Waals surface area contributed by atoms with E-state index in [-0.39, 0.29) is 25.9 Å². The van der Waals surface area contributed by atoms with Gasteiger partial charge in [0.25, 0.3) is 0 Å². The van der Waals surface area contributed by atoms with Crippen LogP contribution in [0, 0.1) is 6.92 Å². The van der Waals surface area contributed by atoms with Crippen molar-refractivity contribution in [2.75, 3.05) is 39.5 Å². The first kappa shape index (κ1) is 20.6. The summed E-state index contributed by atoms with van der Waals surface area (Å²) >= 11 is 0. The summed E-state index contributed by atoms with van der Waals surface area (Å²) in [4.78, 5) is 1.82. The van der Waals surface area contributed by atoms with Crippen molar-refractivity contribution in [2.45, 2.75) is 19.1 Å². The predicted octanol–water partition coefficient (Wildman–Crippen LogP) is 1.75. The molecule has 0 heterocycles. The van der Waals surface area contributed by atoms with Crippen LogP contribution in [0.4, 0.5) is 0 Å². The maximum absolute atomic E-state index is 10.3. The van der Waals surface area contributed by atoms with Crippen LogP contribution >= 0.6 is 0 Å². The zero-order chi connectivity index (χ0) is 18.8. The molecule has 26 heavy (non-hydrogen) atoms. The van der Waals surface area contributed by atoms with Gasteiger partial charge in [0, 0.05) is 19.6 Å². The number of rotatable bonds is 11. The third-order valence-electron chi connectivity index (χ3n) is 4.24. The Hall–Kier alpha value is -1.76. The van der Waals surface area contributed by atoms with Gasteiger partial charge in [0.15, 0.2) is 0 Å². The lowest BCUT2D eigenvalue weighted by atomic mass is 10.0. The standard InChI is InChI=1S/C21H29NO4/c1-17-7-9-19(10-8-17)21(18-5-3-2-4-6-18)26-16-20(25)15-22(11-13-23)12-14-24/h2-10,20-21,23-25H,11-16H2,1H3/t20-,21-/m1/s1. The second-order valence-corrected chi connectivity index (χ2v) is 6.44. The van der Waals surface area contributed by atoms with Gasteiger partial charge in [0.1, 0.15) is 6.10 Å². The maximum Gasteiger partial charge on any atom is 0.108 e. The maximum atomic E-state index is 10.3. The molecule has 0 aliphatic carbocycles. The Labute approximate surface area is 155 Å². The van der Waals surface area contributed by atoms with E-state index < -0.39 is 6.10 Å². The van der Waals surface area contributed by atoms with Gasteiger partial charge in [0.05, 0.1) is 25.9 Å². The van der Waals surface area contributed by atoms with Crippen LogP contribution in [0.5, 0.6) is 0 Å². The molecular formula is C21H29NO4. The van der Waals surface area contributed by atoms with Gasteiger partial charge in [-0.15, -0.1) is 0 Å². The summed E-state index contributed by atoms with van der Waals surface area (Å²) in [6, 6.07) is 18.1. The summed E-state index contributed by atoms with van der Waals surface area (Å²) in [7, 11) is 0. The Morgan fingerprint density at radius 1 is 0.885 bits per heavy atom. The van der Waals surface area contributed by atoms with E-state index in [4.69, 9.17) is 14.9 Å². The minimum atomic E-state index is -0.704. The van der Waals surface area contributed by atoms with Crippen LogP contribution in [0.3, 0.4) is 0 Å². The van der Waals surface area contributed by atoms with Crippen molar-refractivity contribution in [3.63, 3.8) is 0 Å². The van der Waals surface area contributed by atoms with Gasteiger partial charge in [-0.2, -0.15) is 0 Å². The normalized spacial score (nSPS) is 13.7. The van der Waals surface area contributed by atoms with Crippen molar-refractivity contribution in [3.05, 3.63) is 71.3 Å². The smallest absolute Gasteiger partial charge is 0.108 e. The van der Waals surface area contributed by atoms with Crippen LogP contribution in [0.1, 0.15) is 22.8 Å². The van der Waals surface area contributed by atoms with Crippen molar-refractivity contribution < 1.29 is 20.1 Å². The average Bonchev–Trinajstić information content (AvgIpc) is 2.64. The Morgan fingerprint density at radius 3 is 2.04 bits per heavy atom. The lowest BCUT2D eigenvalue weighted by molar-refractivity contribution is -0.0117. The first-order valence-electron chi connectivity index (χ1n) is 8.99. The molecule has 2 aromatic carbocycles. The van der Waals surface area contributed by atoms with Crippen molar-refractivity contribution >= 4 is 0 Å². The van der Waals surface area contributed by atoms with Gasteiger partial charge < -0.3 is 20.1 Å². The number of aliphatic hydroxyl groups excluding tert-OH is 3. The molecule has 2 atom stereocenters. The van der Waals surface area contributed by atoms with Gasteiger partial charge in [-0.3, -0.25) is 4.90 Å². The first-order chi connectivity index (χ1) is 12.6. The number of ether oxygens (including phenoxy) is 1. The quantitative estimate of drug-likeness (QED) is 0.570. The molecule has 0 spiro atoms. The van der Waals surface area contributed by atoms with E-state index in [2.05, 4.69) is 12.1 Å². The van der Waals surface area contributed by atoms with Gasteiger partial charge in [-0.1, -0.05) is 60.2 Å². The number of nitrogens with zero attached hydrogens (tertiary/aromatic N) is 1. The van der Waals surface area contributed by atoms with Crippen molar-refractivity contribution in [3.8, 4) is 0 Å². The molecule has 0 saturated heterocycles. The molecule has 142 valence electrons. The highest BCUT2D eigenvalue weighted by atomic mass is 16.5. The molecule has 0 aliphatic rings. The van der Waals surface area contributed by atoms with Gasteiger partial charge >= 0.3 is 0 Å². The van der Waals surface area contributed by atoms with Crippen LogP contribution < -0.4 is 0 Å². The number of hydrogen-bond acceptors (Lipinski definition) is 5. The third kappa shape index (κ3) is 6.52. The fourth-order valence-corrected chi connectivity index (χ4v) is 2.89. The summed E-state index contributed by atoms with van der Waals surface area (Å²) in [5.41, 5.74) is 3.26. The molecule has 0 aliphatic heterocycles. The van der Waals surface area contributed by atoms with Crippen LogP contribution in [-0.2, 0) is 4.74 Å². The fourth-order valence-electron chi connectivity index (χ4n) is 2.89. The fraction of sp³-hybridized carbons (Fsp3) is 0.429. The highest BCUT2D eigenvalue weighted by molar-refractivity contribution is 5.31. The highest BCUT2D eigenvalue weighted by Gasteiger charge is 2.18. The first-order valence-corrected chi connectivity index (χ1v) is 8.99. The van der Waals surface area contributed by atoms with Gasteiger partial charge in [-0.05, 0) is 18.1 Å². The molecule has 0 amide bonds. The van der Waals surface area contributed by atoms with E-state index in [1.807, 2.05) is 54.3 Å². The molecule has 0 saturated carbocycles. The Bertz CT molecular complexity index is 612. The SMILES string of the molecule is Cc1ccc([C@H](OC[C@H](O)CN(CCO)CCO)c2ccccc2)cc1. The summed E-state index contributed by atoms with van der Waals surface area (Å²) in [5.74, 6) is 0. The number of hydrogen-bond donors (Lipinski definition) is 3. The van der Waals surface area contributed by atoms with E-state index in [1.54, 1.807) is 0 Å². The Balaban J connectivity index is 2.04. The molecule has 2 aromatic rings. The minimum absolute atomic E-state index is 0.0103. The lowest BCUT2D eigenvalue weighted by Crippen LogP contribution is -2.38. The zero-order valence-corrected chi connectivity index (χ0v) is 15.3. The van der Waals surface area contributed by atoms with Crippen molar-refractivity contribution in [2.24, 2.45) is 0 Å². The van der Waals surface area contributed by atoms with Gasteiger partial charge in [0.2, 0.25) is 0 Å². The van der Waals surface area contributed by atoms with Gasteiger partial charge in [-0.25, -0.2) is 0 Å². The number of aryl methyl sites for hydroxylation is 1. The number of benzene rings is 2. The molecule has 5 heteroatoms. The molecule has 0 fully saturated rings. The molecule has 2 rings (SSSR count). The second kappa shape index (κ2) is 11.1. The van der Waals surface area contributed by atoms with Crippen molar-refractivity contribution in [1.82, 2.24) is 4.90 Å². The lowest BCUT2D eigenvalue weighted by Gasteiger charge is -2.25. The third-order valence-corrected chi connectivity index (χ3v) is 4.24. The van der Waals surface area contributed by atoms with Crippen LogP contribution in [-0.4, -0.2) is 65.8 Å². The summed E-state index contributed by atoms with van der Waals surface area (Å²) in [6.45, 7) is 3.36. The van der Waals surface area contributed by atoms with Crippen LogP contribution in [0.15, 0.2) is 54.6 Å². The van der Waals surface area contributed by atoms with Crippen LogP contribution in [0.2, 0.25) is 0 Å². The van der Waals surface area contributed by atoms with Crippen LogP contribution in [0.25, 0.3) is 0 Å². The summed E-state index contributed by atoms with van der Waals surface area (Å²) in [6.07, 6.45) is -0.958.